The molecule has 2 aromatic carbocycles. The van der Waals surface area contributed by atoms with Crippen LogP contribution in [0.25, 0.3) is 0 Å². The summed E-state index contributed by atoms with van der Waals surface area (Å²) in [6.07, 6.45) is 1.37. The molecule has 6 heteroatoms. The minimum atomic E-state index is 0.0692. The molecule has 1 saturated heterocycles. The summed E-state index contributed by atoms with van der Waals surface area (Å²) in [5, 5.41) is 4.53. The number of hydrogen-bond acceptors (Lipinski definition) is 3. The zero-order chi connectivity index (χ0) is 19.1. The maximum atomic E-state index is 12.5. The van der Waals surface area contributed by atoms with Crippen LogP contribution in [0, 0.1) is 0 Å². The van der Waals surface area contributed by atoms with Crippen LogP contribution < -0.4 is 5.32 Å². The van der Waals surface area contributed by atoms with E-state index in [9.17, 15) is 4.79 Å². The van der Waals surface area contributed by atoms with Gasteiger partial charge in [0.2, 0.25) is 5.91 Å². The van der Waals surface area contributed by atoms with E-state index in [0.29, 0.717) is 36.2 Å². The quantitative estimate of drug-likeness (QED) is 0.707. The highest BCUT2D eigenvalue weighted by atomic mass is 35.5. The standard InChI is InChI=1S/C21H24Cl2N2O2/c22-19-7-6-17(12-20(19)23)14-24-9-8-18-15-25(10-11-27-18)21(26)13-16-4-2-1-3-5-16/h1-7,12,18,24H,8-11,13-15H2. The lowest BCUT2D eigenvalue weighted by molar-refractivity contribution is -0.138. The average Bonchev–Trinajstić information content (AvgIpc) is 2.69. The van der Waals surface area contributed by atoms with Crippen LogP contribution in [-0.2, 0) is 22.5 Å². The summed E-state index contributed by atoms with van der Waals surface area (Å²) in [5.74, 6) is 0.165. The van der Waals surface area contributed by atoms with Crippen molar-refractivity contribution in [3.05, 3.63) is 69.7 Å². The fourth-order valence-electron chi connectivity index (χ4n) is 3.15. The molecule has 0 radical (unpaired) electrons. The van der Waals surface area contributed by atoms with Gasteiger partial charge in [0.1, 0.15) is 0 Å². The van der Waals surface area contributed by atoms with Crippen molar-refractivity contribution >= 4 is 29.1 Å². The van der Waals surface area contributed by atoms with E-state index in [-0.39, 0.29) is 12.0 Å². The molecule has 144 valence electrons. The molecule has 0 bridgehead atoms. The maximum absolute atomic E-state index is 12.5. The summed E-state index contributed by atoms with van der Waals surface area (Å²) in [4.78, 5) is 14.4. The topological polar surface area (TPSA) is 41.6 Å². The third-order valence-electron chi connectivity index (χ3n) is 4.65. The van der Waals surface area contributed by atoms with Gasteiger partial charge in [-0.05, 0) is 36.2 Å². The van der Waals surface area contributed by atoms with Gasteiger partial charge in [-0.3, -0.25) is 4.79 Å². The number of carbonyl (C=O) groups excluding carboxylic acids is 1. The van der Waals surface area contributed by atoms with Gasteiger partial charge in [-0.1, -0.05) is 59.6 Å². The Balaban J connectivity index is 1.40. The smallest absolute Gasteiger partial charge is 0.227 e. The Labute approximate surface area is 170 Å². The number of amides is 1. The van der Waals surface area contributed by atoms with Crippen molar-refractivity contribution in [3.63, 3.8) is 0 Å². The molecule has 1 heterocycles. The first kappa shape index (κ1) is 20.2. The van der Waals surface area contributed by atoms with Crippen LogP contribution in [0.4, 0.5) is 0 Å². The molecule has 1 aliphatic heterocycles. The van der Waals surface area contributed by atoms with E-state index in [1.165, 1.54) is 0 Å². The first-order valence-corrected chi connectivity index (χ1v) is 9.95. The van der Waals surface area contributed by atoms with Crippen molar-refractivity contribution < 1.29 is 9.53 Å². The molecular weight excluding hydrogens is 383 g/mol. The molecule has 1 atom stereocenters. The van der Waals surface area contributed by atoms with E-state index in [1.54, 1.807) is 6.07 Å². The number of rotatable bonds is 7. The number of hydrogen-bond donors (Lipinski definition) is 1. The average molecular weight is 407 g/mol. The SMILES string of the molecule is O=C(Cc1ccccc1)N1CCOC(CCNCc2ccc(Cl)c(Cl)c2)C1. The van der Waals surface area contributed by atoms with Gasteiger partial charge in [0.15, 0.2) is 0 Å². The molecule has 1 fully saturated rings. The van der Waals surface area contributed by atoms with Gasteiger partial charge in [-0.15, -0.1) is 0 Å². The first-order chi connectivity index (χ1) is 13.1. The van der Waals surface area contributed by atoms with Gasteiger partial charge in [0.25, 0.3) is 0 Å². The molecule has 4 nitrogen and oxygen atoms in total. The molecule has 0 aliphatic carbocycles. The summed E-state index contributed by atoms with van der Waals surface area (Å²) in [7, 11) is 0. The minimum Gasteiger partial charge on any atom is -0.374 e. The lowest BCUT2D eigenvalue weighted by Gasteiger charge is -2.33. The predicted molar refractivity (Wildman–Crippen MR) is 109 cm³/mol. The number of nitrogens with zero attached hydrogens (tertiary/aromatic N) is 1. The predicted octanol–water partition coefficient (Wildman–Crippen LogP) is 3.94. The lowest BCUT2D eigenvalue weighted by atomic mass is 10.1. The first-order valence-electron chi connectivity index (χ1n) is 9.20. The van der Waals surface area contributed by atoms with E-state index < -0.39 is 0 Å². The third kappa shape index (κ3) is 6.22. The van der Waals surface area contributed by atoms with E-state index in [1.807, 2.05) is 47.4 Å². The second-order valence-electron chi connectivity index (χ2n) is 6.71. The molecule has 0 saturated carbocycles. The summed E-state index contributed by atoms with van der Waals surface area (Å²) in [6, 6.07) is 15.5. The number of ether oxygens (including phenoxy) is 1. The van der Waals surface area contributed by atoms with E-state index in [4.69, 9.17) is 27.9 Å². The Morgan fingerprint density at radius 1 is 1.11 bits per heavy atom. The minimum absolute atomic E-state index is 0.0692. The van der Waals surface area contributed by atoms with E-state index in [2.05, 4.69) is 5.32 Å². The normalized spacial score (nSPS) is 17.1. The Kier molecular flexibility index (Phi) is 7.53. The van der Waals surface area contributed by atoms with Crippen LogP contribution in [-0.4, -0.2) is 43.2 Å². The number of carbonyl (C=O) groups is 1. The highest BCUT2D eigenvalue weighted by Gasteiger charge is 2.23. The van der Waals surface area contributed by atoms with Crippen LogP contribution in [0.1, 0.15) is 17.5 Å². The highest BCUT2D eigenvalue weighted by molar-refractivity contribution is 6.42. The zero-order valence-corrected chi connectivity index (χ0v) is 16.7. The summed E-state index contributed by atoms with van der Waals surface area (Å²) < 4.78 is 5.82. The van der Waals surface area contributed by atoms with Crippen LogP contribution in [0.2, 0.25) is 10.0 Å². The molecule has 2 aromatic rings. The molecule has 1 unspecified atom stereocenters. The van der Waals surface area contributed by atoms with Crippen molar-refractivity contribution in [2.45, 2.75) is 25.5 Å². The molecule has 3 rings (SSSR count). The van der Waals surface area contributed by atoms with Gasteiger partial charge in [0.05, 0.1) is 29.2 Å². The molecule has 1 N–H and O–H groups in total. The fraction of sp³-hybridized carbons (Fsp3) is 0.381. The second-order valence-corrected chi connectivity index (χ2v) is 7.52. The number of benzene rings is 2. The maximum Gasteiger partial charge on any atom is 0.227 e. The van der Waals surface area contributed by atoms with E-state index >= 15 is 0 Å². The van der Waals surface area contributed by atoms with Gasteiger partial charge in [0, 0.05) is 19.6 Å². The van der Waals surface area contributed by atoms with Crippen molar-refractivity contribution in [1.29, 1.82) is 0 Å². The summed E-state index contributed by atoms with van der Waals surface area (Å²) in [5.41, 5.74) is 2.14. The van der Waals surface area contributed by atoms with Crippen LogP contribution >= 0.6 is 23.2 Å². The second kappa shape index (κ2) is 10.1. The van der Waals surface area contributed by atoms with Crippen molar-refractivity contribution in [2.24, 2.45) is 0 Å². The molecule has 1 amide bonds. The Hall–Kier alpha value is -1.59. The highest BCUT2D eigenvalue weighted by Crippen LogP contribution is 2.22. The zero-order valence-electron chi connectivity index (χ0n) is 15.2. The third-order valence-corrected chi connectivity index (χ3v) is 5.38. The van der Waals surface area contributed by atoms with Gasteiger partial charge in [-0.25, -0.2) is 0 Å². The van der Waals surface area contributed by atoms with Crippen molar-refractivity contribution in [1.82, 2.24) is 10.2 Å². The largest absolute Gasteiger partial charge is 0.374 e. The monoisotopic (exact) mass is 406 g/mol. The fourth-order valence-corrected chi connectivity index (χ4v) is 3.47. The molecular formula is C21H24Cl2N2O2. The number of nitrogens with one attached hydrogen (secondary N) is 1. The molecule has 0 spiro atoms. The van der Waals surface area contributed by atoms with Crippen LogP contribution in [0.5, 0.6) is 0 Å². The van der Waals surface area contributed by atoms with Crippen LogP contribution in [0.15, 0.2) is 48.5 Å². The van der Waals surface area contributed by atoms with E-state index in [0.717, 1.165) is 30.6 Å². The number of halogens is 2. The van der Waals surface area contributed by atoms with Crippen LogP contribution in [0.3, 0.4) is 0 Å². The Bertz CT molecular complexity index is 755. The van der Waals surface area contributed by atoms with Gasteiger partial charge in [-0.2, -0.15) is 0 Å². The van der Waals surface area contributed by atoms with Crippen molar-refractivity contribution in [2.75, 3.05) is 26.2 Å². The van der Waals surface area contributed by atoms with Gasteiger partial charge < -0.3 is 15.0 Å². The van der Waals surface area contributed by atoms with Crippen molar-refractivity contribution in [3.8, 4) is 0 Å². The number of morpholine rings is 1. The van der Waals surface area contributed by atoms with Gasteiger partial charge >= 0.3 is 0 Å². The molecule has 27 heavy (non-hydrogen) atoms. The Morgan fingerprint density at radius 3 is 2.70 bits per heavy atom. The summed E-state index contributed by atoms with van der Waals surface area (Å²) >= 11 is 12.0. The summed E-state index contributed by atoms with van der Waals surface area (Å²) in [6.45, 7) is 3.45. The lowest BCUT2D eigenvalue weighted by Crippen LogP contribution is -2.46. The Morgan fingerprint density at radius 2 is 1.93 bits per heavy atom. The molecule has 1 aliphatic rings. The molecule has 0 aromatic heterocycles.